The van der Waals surface area contributed by atoms with E-state index in [1.165, 1.54) is 0 Å². The fourth-order valence-corrected chi connectivity index (χ4v) is 2.45. The number of carbonyl (C=O) groups is 1. The van der Waals surface area contributed by atoms with Gasteiger partial charge in [-0.25, -0.2) is 9.97 Å². The molecule has 3 aromatic rings. The number of benzene rings is 2. The van der Waals surface area contributed by atoms with Gasteiger partial charge in [0.15, 0.2) is 0 Å². The number of carbonyl (C=O) groups excluding carboxylic acids is 1. The molecule has 0 fully saturated rings. The number of nitrogens with zero attached hydrogens (tertiary/aromatic N) is 2. The Hall–Kier alpha value is -3.41. The molecule has 0 aliphatic heterocycles. The van der Waals surface area contributed by atoms with Crippen LogP contribution in [0.5, 0.6) is 17.5 Å². The van der Waals surface area contributed by atoms with Crippen molar-refractivity contribution in [2.45, 2.75) is 13.8 Å². The fourth-order valence-electron chi connectivity index (χ4n) is 2.45. The van der Waals surface area contributed by atoms with Crippen molar-refractivity contribution in [1.29, 1.82) is 0 Å². The van der Waals surface area contributed by atoms with E-state index in [1.807, 2.05) is 19.9 Å². The second-order valence-corrected chi connectivity index (χ2v) is 5.75. The van der Waals surface area contributed by atoms with Crippen LogP contribution in [0.2, 0.25) is 0 Å². The van der Waals surface area contributed by atoms with Gasteiger partial charge in [-0.2, -0.15) is 0 Å². The maximum atomic E-state index is 12.4. The van der Waals surface area contributed by atoms with Crippen molar-refractivity contribution in [3.63, 3.8) is 0 Å². The molecule has 26 heavy (non-hydrogen) atoms. The van der Waals surface area contributed by atoms with Gasteiger partial charge in [0.25, 0.3) is 5.91 Å². The summed E-state index contributed by atoms with van der Waals surface area (Å²) in [7, 11) is 1.56. The quantitative estimate of drug-likeness (QED) is 0.749. The zero-order valence-electron chi connectivity index (χ0n) is 14.8. The zero-order chi connectivity index (χ0) is 18.5. The van der Waals surface area contributed by atoms with Gasteiger partial charge in [0, 0.05) is 28.7 Å². The zero-order valence-corrected chi connectivity index (χ0v) is 14.8. The minimum Gasteiger partial charge on any atom is -0.497 e. The monoisotopic (exact) mass is 349 g/mol. The van der Waals surface area contributed by atoms with Crippen LogP contribution in [0.1, 0.15) is 21.7 Å². The van der Waals surface area contributed by atoms with Crippen LogP contribution in [-0.4, -0.2) is 23.0 Å². The molecule has 3 rings (SSSR count). The van der Waals surface area contributed by atoms with Gasteiger partial charge in [0.05, 0.1) is 7.11 Å². The van der Waals surface area contributed by atoms with Gasteiger partial charge >= 0.3 is 6.01 Å². The van der Waals surface area contributed by atoms with Crippen molar-refractivity contribution in [1.82, 2.24) is 9.97 Å². The van der Waals surface area contributed by atoms with Crippen molar-refractivity contribution in [3.05, 3.63) is 71.5 Å². The summed E-state index contributed by atoms with van der Waals surface area (Å²) in [6.45, 7) is 3.76. The minimum absolute atomic E-state index is 0.233. The summed E-state index contributed by atoms with van der Waals surface area (Å²) >= 11 is 0. The molecule has 0 aliphatic rings. The first-order chi connectivity index (χ1) is 12.5. The van der Waals surface area contributed by atoms with E-state index in [1.54, 1.807) is 55.6 Å². The molecule has 1 heterocycles. The third kappa shape index (κ3) is 4.36. The summed E-state index contributed by atoms with van der Waals surface area (Å²) in [4.78, 5) is 20.9. The Balaban J connectivity index is 1.75. The van der Waals surface area contributed by atoms with Gasteiger partial charge in [-0.3, -0.25) is 4.79 Å². The number of nitrogens with one attached hydrogen (secondary N) is 1. The number of methoxy groups -OCH3 is 1. The highest BCUT2D eigenvalue weighted by molar-refractivity contribution is 6.04. The van der Waals surface area contributed by atoms with Crippen LogP contribution in [0.4, 0.5) is 5.69 Å². The van der Waals surface area contributed by atoms with Crippen molar-refractivity contribution in [2.75, 3.05) is 12.4 Å². The van der Waals surface area contributed by atoms with Gasteiger partial charge < -0.3 is 14.8 Å². The first-order valence-corrected chi connectivity index (χ1v) is 8.09. The molecule has 1 N–H and O–H groups in total. The third-order valence-electron chi connectivity index (χ3n) is 3.59. The van der Waals surface area contributed by atoms with E-state index in [9.17, 15) is 4.79 Å². The normalized spacial score (nSPS) is 10.3. The number of aryl methyl sites for hydroxylation is 2. The maximum Gasteiger partial charge on any atom is 0.322 e. The van der Waals surface area contributed by atoms with E-state index in [0.29, 0.717) is 22.7 Å². The largest absolute Gasteiger partial charge is 0.497 e. The number of hydrogen-bond acceptors (Lipinski definition) is 5. The lowest BCUT2D eigenvalue weighted by atomic mass is 10.2. The van der Waals surface area contributed by atoms with E-state index >= 15 is 0 Å². The lowest BCUT2D eigenvalue weighted by molar-refractivity contribution is 0.102. The number of ether oxygens (including phenoxy) is 2. The summed E-state index contributed by atoms with van der Waals surface area (Å²) in [5, 5.41) is 2.84. The molecule has 0 bridgehead atoms. The van der Waals surface area contributed by atoms with Crippen LogP contribution in [0.15, 0.2) is 54.6 Å². The summed E-state index contributed by atoms with van der Waals surface area (Å²) in [6.07, 6.45) is 0. The molecule has 2 aromatic carbocycles. The standard InChI is InChI=1S/C20H19N3O3/c1-13-10-14(2)22-20(21-13)26-18-9-5-7-16(12-18)23-19(24)15-6-4-8-17(11-15)25-3/h4-12H,1-3H3,(H,23,24). The average molecular weight is 349 g/mol. The Morgan fingerprint density at radius 3 is 2.35 bits per heavy atom. The van der Waals surface area contributed by atoms with E-state index in [-0.39, 0.29) is 11.9 Å². The van der Waals surface area contributed by atoms with Crippen molar-refractivity contribution >= 4 is 11.6 Å². The Kier molecular flexibility index (Phi) is 5.12. The van der Waals surface area contributed by atoms with E-state index in [0.717, 1.165) is 11.4 Å². The molecule has 0 saturated carbocycles. The Bertz CT molecular complexity index is 921. The van der Waals surface area contributed by atoms with Gasteiger partial charge in [-0.1, -0.05) is 12.1 Å². The van der Waals surface area contributed by atoms with E-state index in [2.05, 4.69) is 15.3 Å². The summed E-state index contributed by atoms with van der Waals surface area (Å²) < 4.78 is 10.9. The fraction of sp³-hybridized carbons (Fsp3) is 0.150. The van der Waals surface area contributed by atoms with Crippen molar-refractivity contribution in [2.24, 2.45) is 0 Å². The van der Waals surface area contributed by atoms with Gasteiger partial charge in [0.2, 0.25) is 0 Å². The molecular weight excluding hydrogens is 330 g/mol. The number of anilines is 1. The highest BCUT2D eigenvalue weighted by Crippen LogP contribution is 2.23. The lowest BCUT2D eigenvalue weighted by Crippen LogP contribution is -2.11. The predicted octanol–water partition coefficient (Wildman–Crippen LogP) is 4.15. The third-order valence-corrected chi connectivity index (χ3v) is 3.59. The van der Waals surface area contributed by atoms with Gasteiger partial charge in [-0.15, -0.1) is 0 Å². The second-order valence-electron chi connectivity index (χ2n) is 5.75. The predicted molar refractivity (Wildman–Crippen MR) is 99.0 cm³/mol. The van der Waals surface area contributed by atoms with Crippen LogP contribution in [0.25, 0.3) is 0 Å². The van der Waals surface area contributed by atoms with E-state index in [4.69, 9.17) is 9.47 Å². The summed E-state index contributed by atoms with van der Waals surface area (Å²) in [5.41, 5.74) is 2.78. The molecule has 0 aliphatic carbocycles. The Labute approximate surface area is 151 Å². The SMILES string of the molecule is COc1cccc(C(=O)Nc2cccc(Oc3nc(C)cc(C)n3)c2)c1. The molecule has 6 nitrogen and oxygen atoms in total. The maximum absolute atomic E-state index is 12.4. The van der Waals surface area contributed by atoms with Crippen LogP contribution in [-0.2, 0) is 0 Å². The van der Waals surface area contributed by atoms with Crippen molar-refractivity contribution in [3.8, 4) is 17.5 Å². The molecule has 6 heteroatoms. The molecule has 0 atom stereocenters. The first-order valence-electron chi connectivity index (χ1n) is 8.09. The van der Waals surface area contributed by atoms with Gasteiger partial charge in [-0.05, 0) is 50.2 Å². The molecule has 1 aromatic heterocycles. The Morgan fingerprint density at radius 2 is 1.62 bits per heavy atom. The van der Waals surface area contributed by atoms with Gasteiger partial charge in [0.1, 0.15) is 11.5 Å². The highest BCUT2D eigenvalue weighted by atomic mass is 16.5. The van der Waals surface area contributed by atoms with Crippen LogP contribution in [0, 0.1) is 13.8 Å². The van der Waals surface area contributed by atoms with Crippen LogP contribution < -0.4 is 14.8 Å². The molecule has 1 amide bonds. The molecule has 0 unspecified atom stereocenters. The smallest absolute Gasteiger partial charge is 0.322 e. The minimum atomic E-state index is -0.233. The number of amides is 1. The number of aromatic nitrogens is 2. The second kappa shape index (κ2) is 7.65. The highest BCUT2D eigenvalue weighted by Gasteiger charge is 2.09. The first kappa shape index (κ1) is 17.4. The molecule has 132 valence electrons. The molecule has 0 radical (unpaired) electrons. The average Bonchev–Trinajstić information content (AvgIpc) is 2.61. The molecule has 0 saturated heterocycles. The molecular formula is C20H19N3O3. The Morgan fingerprint density at radius 1 is 0.923 bits per heavy atom. The summed E-state index contributed by atoms with van der Waals surface area (Å²) in [6, 6.07) is 16.2. The van der Waals surface area contributed by atoms with Crippen LogP contribution >= 0.6 is 0 Å². The van der Waals surface area contributed by atoms with Crippen molar-refractivity contribution < 1.29 is 14.3 Å². The number of hydrogen-bond donors (Lipinski definition) is 1. The topological polar surface area (TPSA) is 73.3 Å². The summed E-state index contributed by atoms with van der Waals surface area (Å²) in [5.74, 6) is 0.934. The molecule has 0 spiro atoms. The number of rotatable bonds is 5. The van der Waals surface area contributed by atoms with E-state index < -0.39 is 0 Å². The lowest BCUT2D eigenvalue weighted by Gasteiger charge is -2.09. The van der Waals surface area contributed by atoms with Crippen LogP contribution in [0.3, 0.4) is 0 Å².